The molecule has 0 unspecified atom stereocenters. The van der Waals surface area contributed by atoms with Crippen LogP contribution in [-0.2, 0) is 0 Å². The van der Waals surface area contributed by atoms with Crippen molar-refractivity contribution in [2.24, 2.45) is 5.92 Å². The van der Waals surface area contributed by atoms with Crippen molar-refractivity contribution in [3.05, 3.63) is 77.6 Å². The lowest BCUT2D eigenvalue weighted by Crippen LogP contribution is -2.29. The van der Waals surface area contributed by atoms with Gasteiger partial charge in [0, 0.05) is 22.6 Å². The highest BCUT2D eigenvalue weighted by molar-refractivity contribution is 5.95. The summed E-state index contributed by atoms with van der Waals surface area (Å²) in [6.07, 6.45) is 7.37. The number of ketones is 1. The maximum atomic E-state index is 11.8. The summed E-state index contributed by atoms with van der Waals surface area (Å²) in [6, 6.07) is 14.7. The van der Waals surface area contributed by atoms with E-state index in [1.807, 2.05) is 12.1 Å². The Bertz CT molecular complexity index is 1010. The van der Waals surface area contributed by atoms with E-state index in [1.165, 1.54) is 11.1 Å². The molecule has 25 heavy (non-hydrogen) atoms. The van der Waals surface area contributed by atoms with Crippen LogP contribution in [0.25, 0.3) is 11.0 Å². The fourth-order valence-electron chi connectivity index (χ4n) is 4.32. The predicted molar refractivity (Wildman–Crippen MR) is 99.0 cm³/mol. The molecular formula is C22H19NO2. The second kappa shape index (κ2) is 5.35. The number of hydrogen-bond donors (Lipinski definition) is 1. The molecule has 0 spiro atoms. The van der Waals surface area contributed by atoms with Crippen molar-refractivity contribution in [2.75, 3.05) is 5.32 Å². The Labute approximate surface area is 146 Å². The molecule has 0 saturated carbocycles. The zero-order valence-electron chi connectivity index (χ0n) is 14.0. The number of carbonyl (C=O) groups is 1. The van der Waals surface area contributed by atoms with Crippen LogP contribution in [-0.4, -0.2) is 5.78 Å². The fourth-order valence-corrected chi connectivity index (χ4v) is 4.32. The van der Waals surface area contributed by atoms with E-state index in [2.05, 4.69) is 47.8 Å². The summed E-state index contributed by atoms with van der Waals surface area (Å²) in [5.41, 5.74) is 5.38. The van der Waals surface area contributed by atoms with Crippen molar-refractivity contribution in [1.82, 2.24) is 0 Å². The summed E-state index contributed by atoms with van der Waals surface area (Å²) in [5.74, 6) is 0.952. The number of carbonyl (C=O) groups excluding carboxylic acids is 1. The van der Waals surface area contributed by atoms with Crippen molar-refractivity contribution in [1.29, 1.82) is 0 Å². The maximum absolute atomic E-state index is 11.8. The first-order valence-corrected chi connectivity index (χ1v) is 8.76. The van der Waals surface area contributed by atoms with Crippen molar-refractivity contribution >= 4 is 22.4 Å². The molecule has 124 valence electrons. The maximum Gasteiger partial charge on any atom is 0.159 e. The fraction of sp³-hybridized carbons (Fsp3) is 0.227. The summed E-state index contributed by atoms with van der Waals surface area (Å²) in [7, 11) is 0. The first-order valence-electron chi connectivity index (χ1n) is 8.76. The molecule has 2 heterocycles. The molecule has 3 atom stereocenters. The van der Waals surface area contributed by atoms with Gasteiger partial charge in [0.05, 0.1) is 12.3 Å². The predicted octanol–water partition coefficient (Wildman–Crippen LogP) is 5.46. The Hall–Kier alpha value is -2.81. The lowest BCUT2D eigenvalue weighted by atomic mass is 9.76. The molecule has 3 aromatic rings. The van der Waals surface area contributed by atoms with Gasteiger partial charge in [-0.15, -0.1) is 0 Å². The average Bonchev–Trinajstić information content (AvgIpc) is 3.29. The molecule has 1 aliphatic carbocycles. The summed E-state index contributed by atoms with van der Waals surface area (Å²) in [6.45, 7) is 1.63. The van der Waals surface area contributed by atoms with Crippen LogP contribution >= 0.6 is 0 Å². The number of furan rings is 1. The van der Waals surface area contributed by atoms with E-state index in [9.17, 15) is 4.79 Å². The van der Waals surface area contributed by atoms with E-state index in [4.69, 9.17) is 4.42 Å². The lowest BCUT2D eigenvalue weighted by molar-refractivity contribution is 0.101. The number of fused-ring (bicyclic) bond motifs is 4. The van der Waals surface area contributed by atoms with Crippen LogP contribution in [0.5, 0.6) is 0 Å². The smallest absolute Gasteiger partial charge is 0.159 e. The molecule has 2 aromatic carbocycles. The van der Waals surface area contributed by atoms with E-state index >= 15 is 0 Å². The van der Waals surface area contributed by atoms with Gasteiger partial charge in [0.15, 0.2) is 5.78 Å². The molecular weight excluding hydrogens is 310 g/mol. The topological polar surface area (TPSA) is 42.2 Å². The number of anilines is 1. The minimum atomic E-state index is 0.119. The van der Waals surface area contributed by atoms with Gasteiger partial charge in [0.25, 0.3) is 0 Å². The summed E-state index contributed by atoms with van der Waals surface area (Å²) >= 11 is 0. The van der Waals surface area contributed by atoms with Crippen LogP contribution in [0.15, 0.2) is 65.3 Å². The van der Waals surface area contributed by atoms with Gasteiger partial charge < -0.3 is 9.73 Å². The minimum absolute atomic E-state index is 0.119. The molecule has 0 saturated heterocycles. The van der Waals surface area contributed by atoms with Crippen LogP contribution in [0.3, 0.4) is 0 Å². The first-order chi connectivity index (χ1) is 12.2. The van der Waals surface area contributed by atoms with Gasteiger partial charge >= 0.3 is 0 Å². The quantitative estimate of drug-likeness (QED) is 0.501. The van der Waals surface area contributed by atoms with E-state index in [0.29, 0.717) is 11.8 Å². The van der Waals surface area contributed by atoms with Crippen LogP contribution in [0.2, 0.25) is 0 Å². The van der Waals surface area contributed by atoms with E-state index < -0.39 is 0 Å². The van der Waals surface area contributed by atoms with E-state index in [0.717, 1.165) is 28.6 Å². The van der Waals surface area contributed by atoms with Gasteiger partial charge in [-0.05, 0) is 66.8 Å². The molecule has 2 aliphatic rings. The SMILES string of the molecule is CC(=O)c1ccc2c(c1)[C@@H]1C=CC[C@@H]1[C@H](c1ccc3occc3c1)N2. The first kappa shape index (κ1) is 14.5. The average molecular weight is 329 g/mol. The van der Waals surface area contributed by atoms with Gasteiger partial charge in [-0.1, -0.05) is 18.2 Å². The summed E-state index contributed by atoms with van der Waals surface area (Å²) in [5, 5.41) is 4.86. The Morgan fingerprint density at radius 1 is 1.16 bits per heavy atom. The van der Waals surface area contributed by atoms with Crippen molar-refractivity contribution < 1.29 is 9.21 Å². The number of Topliss-reactive ketones (excluding diaryl/α,β-unsaturated/α-hetero) is 1. The standard InChI is InChI=1S/C22H19NO2/c1-13(24)14-5-7-20-19(12-14)17-3-2-4-18(17)22(23-20)16-6-8-21-15(11-16)9-10-25-21/h2-3,5-12,17-18,22-23H,4H2,1H3/t17-,18+,22+/m1/s1. The van der Waals surface area contributed by atoms with Gasteiger partial charge in [-0.2, -0.15) is 0 Å². The molecule has 0 bridgehead atoms. The van der Waals surface area contributed by atoms with Crippen LogP contribution in [0.4, 0.5) is 5.69 Å². The Morgan fingerprint density at radius 3 is 2.96 bits per heavy atom. The number of nitrogens with one attached hydrogen (secondary N) is 1. The minimum Gasteiger partial charge on any atom is -0.464 e. The monoisotopic (exact) mass is 329 g/mol. The molecule has 5 rings (SSSR count). The van der Waals surface area contributed by atoms with Crippen LogP contribution in [0.1, 0.15) is 46.8 Å². The Morgan fingerprint density at radius 2 is 2.08 bits per heavy atom. The van der Waals surface area contributed by atoms with Crippen LogP contribution < -0.4 is 5.32 Å². The third-order valence-electron chi connectivity index (χ3n) is 5.60. The molecule has 0 amide bonds. The zero-order valence-corrected chi connectivity index (χ0v) is 14.0. The normalized spacial score (nSPS) is 24.0. The van der Waals surface area contributed by atoms with Gasteiger partial charge in [-0.3, -0.25) is 4.79 Å². The number of allylic oxidation sites excluding steroid dienone is 2. The lowest BCUT2D eigenvalue weighted by Gasteiger charge is -2.37. The zero-order chi connectivity index (χ0) is 17.0. The molecule has 1 aliphatic heterocycles. The van der Waals surface area contributed by atoms with Gasteiger partial charge in [-0.25, -0.2) is 0 Å². The van der Waals surface area contributed by atoms with Crippen molar-refractivity contribution in [2.45, 2.75) is 25.3 Å². The molecule has 0 radical (unpaired) electrons. The van der Waals surface area contributed by atoms with E-state index in [-0.39, 0.29) is 11.8 Å². The second-order valence-electron chi connectivity index (χ2n) is 7.05. The summed E-state index contributed by atoms with van der Waals surface area (Å²) < 4.78 is 5.47. The van der Waals surface area contributed by atoms with Gasteiger partial charge in [0.1, 0.15) is 5.58 Å². The largest absolute Gasteiger partial charge is 0.464 e. The molecule has 1 aromatic heterocycles. The third kappa shape index (κ3) is 2.23. The highest BCUT2D eigenvalue weighted by Crippen LogP contribution is 2.50. The number of benzene rings is 2. The number of hydrogen-bond acceptors (Lipinski definition) is 3. The second-order valence-corrected chi connectivity index (χ2v) is 7.05. The molecule has 1 N–H and O–H groups in total. The Balaban J connectivity index is 1.60. The van der Waals surface area contributed by atoms with Gasteiger partial charge in [0.2, 0.25) is 0 Å². The van der Waals surface area contributed by atoms with Crippen molar-refractivity contribution in [3.63, 3.8) is 0 Å². The third-order valence-corrected chi connectivity index (χ3v) is 5.60. The Kier molecular flexibility index (Phi) is 3.11. The number of rotatable bonds is 2. The highest BCUT2D eigenvalue weighted by Gasteiger charge is 2.38. The molecule has 3 nitrogen and oxygen atoms in total. The van der Waals surface area contributed by atoms with E-state index in [1.54, 1.807) is 13.2 Å². The molecule has 0 fully saturated rings. The van der Waals surface area contributed by atoms with Crippen molar-refractivity contribution in [3.8, 4) is 0 Å². The molecule has 3 heteroatoms. The summed E-state index contributed by atoms with van der Waals surface area (Å²) in [4.78, 5) is 11.8. The van der Waals surface area contributed by atoms with Crippen LogP contribution in [0, 0.1) is 5.92 Å². The highest BCUT2D eigenvalue weighted by atomic mass is 16.3.